The number of hydrogen-bond acceptors (Lipinski definition) is 1. The third kappa shape index (κ3) is 1.22. The highest BCUT2D eigenvalue weighted by molar-refractivity contribution is 6.31. The van der Waals surface area contributed by atoms with E-state index in [0.717, 1.165) is 5.59 Å². The molecule has 0 spiro atoms. The normalized spacial score (nSPS) is 15.5. The molecule has 1 aliphatic carbocycles. The SMILES string of the molecule is Bc1ccc2c3c(n(C)c2n1)CCCC3. The molecular formula is C12H15BN2. The molecule has 0 aliphatic heterocycles. The summed E-state index contributed by atoms with van der Waals surface area (Å²) in [5.41, 5.74) is 5.34. The lowest BCUT2D eigenvalue weighted by Gasteiger charge is -2.12. The molecule has 76 valence electrons. The summed E-state index contributed by atoms with van der Waals surface area (Å²) in [7, 11) is 4.21. The van der Waals surface area contributed by atoms with Crippen molar-refractivity contribution in [3.63, 3.8) is 0 Å². The fourth-order valence-electron chi connectivity index (χ4n) is 2.71. The van der Waals surface area contributed by atoms with Crippen molar-refractivity contribution in [3.05, 3.63) is 23.4 Å². The predicted octanol–water partition coefficient (Wildman–Crippen LogP) is 0.710. The Bertz CT molecular complexity index is 528. The molecule has 0 fully saturated rings. The van der Waals surface area contributed by atoms with Gasteiger partial charge in [0.1, 0.15) is 5.65 Å². The van der Waals surface area contributed by atoms with E-state index in [4.69, 9.17) is 0 Å². The van der Waals surface area contributed by atoms with Crippen LogP contribution in [0.25, 0.3) is 11.0 Å². The number of rotatable bonds is 0. The minimum Gasteiger partial charge on any atom is -0.332 e. The highest BCUT2D eigenvalue weighted by atomic mass is 15.0. The van der Waals surface area contributed by atoms with E-state index in [9.17, 15) is 0 Å². The van der Waals surface area contributed by atoms with E-state index < -0.39 is 0 Å². The fraction of sp³-hybridized carbons (Fsp3) is 0.417. The van der Waals surface area contributed by atoms with Crippen LogP contribution in [0.15, 0.2) is 12.1 Å². The molecule has 2 aromatic heterocycles. The van der Waals surface area contributed by atoms with Crippen LogP contribution in [-0.2, 0) is 19.9 Å². The van der Waals surface area contributed by atoms with Crippen molar-refractivity contribution in [2.45, 2.75) is 25.7 Å². The third-order valence-electron chi connectivity index (χ3n) is 3.50. The van der Waals surface area contributed by atoms with Crippen LogP contribution in [0.1, 0.15) is 24.1 Å². The standard InChI is InChI=1S/C12H15BN2/c1-15-10-5-3-2-4-8(10)9-6-7-11(13)14-12(9)15/h6-7H,2-5,13H2,1H3. The number of aromatic nitrogens is 2. The lowest BCUT2D eigenvalue weighted by molar-refractivity contribution is 0.652. The van der Waals surface area contributed by atoms with E-state index in [-0.39, 0.29) is 0 Å². The van der Waals surface area contributed by atoms with Gasteiger partial charge in [-0.25, -0.2) is 4.98 Å². The minimum atomic E-state index is 1.11. The van der Waals surface area contributed by atoms with E-state index in [2.05, 4.69) is 36.6 Å². The summed E-state index contributed by atoms with van der Waals surface area (Å²) in [6.45, 7) is 0. The first-order chi connectivity index (χ1) is 7.27. The first kappa shape index (κ1) is 9.02. The number of pyridine rings is 1. The molecule has 0 N–H and O–H groups in total. The van der Waals surface area contributed by atoms with Crippen LogP contribution >= 0.6 is 0 Å². The van der Waals surface area contributed by atoms with Crippen molar-refractivity contribution in [2.75, 3.05) is 0 Å². The molecule has 0 unspecified atom stereocenters. The first-order valence-corrected chi connectivity index (χ1v) is 5.71. The summed E-state index contributed by atoms with van der Waals surface area (Å²) >= 11 is 0. The van der Waals surface area contributed by atoms with Gasteiger partial charge in [0.2, 0.25) is 0 Å². The molecule has 0 aromatic carbocycles. The molecule has 1 aliphatic rings. The summed E-state index contributed by atoms with van der Waals surface area (Å²) in [6.07, 6.45) is 5.12. The molecule has 3 rings (SSSR count). The highest BCUT2D eigenvalue weighted by Gasteiger charge is 2.18. The average molecular weight is 198 g/mol. The Morgan fingerprint density at radius 3 is 2.93 bits per heavy atom. The summed E-state index contributed by atoms with van der Waals surface area (Å²) in [5.74, 6) is 0. The topological polar surface area (TPSA) is 17.8 Å². The smallest absolute Gasteiger partial charge is 0.164 e. The average Bonchev–Trinajstić information content (AvgIpc) is 2.54. The van der Waals surface area contributed by atoms with Gasteiger partial charge in [-0.05, 0) is 42.9 Å². The van der Waals surface area contributed by atoms with Crippen LogP contribution < -0.4 is 5.59 Å². The maximum Gasteiger partial charge on any atom is 0.164 e. The second-order valence-corrected chi connectivity index (χ2v) is 4.52. The zero-order valence-corrected chi connectivity index (χ0v) is 9.38. The van der Waals surface area contributed by atoms with Crippen molar-refractivity contribution in [1.82, 2.24) is 9.55 Å². The van der Waals surface area contributed by atoms with Gasteiger partial charge in [0.05, 0.1) is 0 Å². The summed E-state index contributed by atoms with van der Waals surface area (Å²) < 4.78 is 2.29. The number of fused-ring (bicyclic) bond motifs is 3. The molecular weight excluding hydrogens is 183 g/mol. The Kier molecular flexibility index (Phi) is 1.88. The van der Waals surface area contributed by atoms with Crippen LogP contribution in [0.5, 0.6) is 0 Å². The second-order valence-electron chi connectivity index (χ2n) is 4.52. The largest absolute Gasteiger partial charge is 0.332 e. The van der Waals surface area contributed by atoms with E-state index in [1.165, 1.54) is 42.4 Å². The Morgan fingerprint density at radius 2 is 2.07 bits per heavy atom. The highest BCUT2D eigenvalue weighted by Crippen LogP contribution is 2.29. The van der Waals surface area contributed by atoms with Crippen LogP contribution in [0.4, 0.5) is 0 Å². The first-order valence-electron chi connectivity index (χ1n) is 5.71. The Morgan fingerprint density at radius 1 is 1.27 bits per heavy atom. The lowest BCUT2D eigenvalue weighted by atomic mass is 9.95. The maximum absolute atomic E-state index is 4.64. The molecule has 0 radical (unpaired) electrons. The Hall–Kier alpha value is -1.25. The van der Waals surface area contributed by atoms with Crippen molar-refractivity contribution < 1.29 is 0 Å². The number of aryl methyl sites for hydroxylation is 2. The van der Waals surface area contributed by atoms with Gasteiger partial charge in [0, 0.05) is 18.1 Å². The molecule has 0 atom stereocenters. The molecule has 0 saturated carbocycles. The van der Waals surface area contributed by atoms with Gasteiger partial charge < -0.3 is 4.57 Å². The van der Waals surface area contributed by atoms with Crippen molar-refractivity contribution in [2.24, 2.45) is 7.05 Å². The molecule has 2 nitrogen and oxygen atoms in total. The Labute approximate surface area is 90.7 Å². The number of hydrogen-bond donors (Lipinski definition) is 0. The molecule has 2 heterocycles. The molecule has 15 heavy (non-hydrogen) atoms. The number of nitrogens with zero attached hydrogens (tertiary/aromatic N) is 2. The quantitative estimate of drug-likeness (QED) is 0.570. The van der Waals surface area contributed by atoms with Gasteiger partial charge in [-0.3, -0.25) is 0 Å². The summed E-state index contributed by atoms with van der Waals surface area (Å²) in [5, 5.41) is 1.37. The van der Waals surface area contributed by atoms with Gasteiger partial charge in [0.25, 0.3) is 0 Å². The van der Waals surface area contributed by atoms with E-state index in [0.29, 0.717) is 0 Å². The van der Waals surface area contributed by atoms with Crippen molar-refractivity contribution in [3.8, 4) is 0 Å². The van der Waals surface area contributed by atoms with E-state index in [1.54, 1.807) is 5.56 Å². The Balaban J connectivity index is 2.38. The van der Waals surface area contributed by atoms with Crippen molar-refractivity contribution in [1.29, 1.82) is 0 Å². The lowest BCUT2D eigenvalue weighted by Crippen LogP contribution is -2.08. The van der Waals surface area contributed by atoms with Crippen LogP contribution in [0.3, 0.4) is 0 Å². The fourth-order valence-corrected chi connectivity index (χ4v) is 2.71. The van der Waals surface area contributed by atoms with Gasteiger partial charge >= 0.3 is 0 Å². The van der Waals surface area contributed by atoms with Crippen LogP contribution in [-0.4, -0.2) is 17.4 Å². The predicted molar refractivity (Wildman–Crippen MR) is 65.5 cm³/mol. The summed E-state index contributed by atoms with van der Waals surface area (Å²) in [4.78, 5) is 4.64. The third-order valence-corrected chi connectivity index (χ3v) is 3.50. The minimum absolute atomic E-state index is 1.11. The van der Waals surface area contributed by atoms with E-state index >= 15 is 0 Å². The van der Waals surface area contributed by atoms with Gasteiger partial charge in [-0.15, -0.1) is 0 Å². The molecule has 0 bridgehead atoms. The molecule has 0 saturated heterocycles. The van der Waals surface area contributed by atoms with Crippen LogP contribution in [0.2, 0.25) is 0 Å². The zero-order chi connectivity index (χ0) is 10.4. The molecule has 0 amide bonds. The zero-order valence-electron chi connectivity index (χ0n) is 9.38. The summed E-state index contributed by atoms with van der Waals surface area (Å²) in [6, 6.07) is 4.36. The second kappa shape index (κ2) is 3.12. The van der Waals surface area contributed by atoms with E-state index in [1.807, 2.05) is 0 Å². The van der Waals surface area contributed by atoms with Gasteiger partial charge in [-0.1, -0.05) is 6.07 Å². The van der Waals surface area contributed by atoms with Gasteiger partial charge in [-0.2, -0.15) is 0 Å². The monoisotopic (exact) mass is 198 g/mol. The molecule has 2 aromatic rings. The van der Waals surface area contributed by atoms with Crippen LogP contribution in [0, 0.1) is 0 Å². The maximum atomic E-state index is 4.64. The van der Waals surface area contributed by atoms with Crippen molar-refractivity contribution >= 4 is 24.5 Å². The van der Waals surface area contributed by atoms with Gasteiger partial charge in [0.15, 0.2) is 7.85 Å². The molecule has 3 heteroatoms.